The summed E-state index contributed by atoms with van der Waals surface area (Å²) in [6.07, 6.45) is 0.163. The van der Waals surface area contributed by atoms with Crippen molar-refractivity contribution in [3.05, 3.63) is 59.7 Å². The summed E-state index contributed by atoms with van der Waals surface area (Å²) in [5, 5.41) is 2.81. The van der Waals surface area contributed by atoms with E-state index < -0.39 is 5.92 Å². The topological polar surface area (TPSA) is 55.4 Å². The average molecular weight is 281 g/mol. The molecule has 0 fully saturated rings. The van der Waals surface area contributed by atoms with E-state index in [9.17, 15) is 9.59 Å². The minimum absolute atomic E-state index is 0.0641. The van der Waals surface area contributed by atoms with Crippen LogP contribution in [0, 0.1) is 0 Å². The number of amides is 1. The normalized spacial score (nSPS) is 16.2. The third-order valence-electron chi connectivity index (χ3n) is 3.69. The van der Waals surface area contributed by atoms with Crippen LogP contribution in [0.2, 0.25) is 0 Å². The number of hydrogen-bond donors (Lipinski definition) is 1. The fourth-order valence-electron chi connectivity index (χ4n) is 2.58. The Morgan fingerprint density at radius 1 is 1.19 bits per heavy atom. The van der Waals surface area contributed by atoms with Gasteiger partial charge in [-0.1, -0.05) is 30.3 Å². The number of fused-ring (bicyclic) bond motifs is 1. The lowest BCUT2D eigenvalue weighted by molar-refractivity contribution is -0.117. The summed E-state index contributed by atoms with van der Waals surface area (Å²) in [4.78, 5) is 24.4. The van der Waals surface area contributed by atoms with Crippen LogP contribution in [0.25, 0.3) is 0 Å². The van der Waals surface area contributed by atoms with Gasteiger partial charge in [-0.25, -0.2) is 0 Å². The number of para-hydroxylation sites is 1. The Balaban J connectivity index is 1.83. The number of nitrogens with one attached hydrogen (secondary N) is 1. The van der Waals surface area contributed by atoms with Crippen molar-refractivity contribution < 1.29 is 14.3 Å². The van der Waals surface area contributed by atoms with Crippen LogP contribution in [-0.4, -0.2) is 18.8 Å². The molecule has 1 N–H and O–H groups in total. The van der Waals surface area contributed by atoms with Crippen molar-refractivity contribution >= 4 is 17.4 Å². The Kier molecular flexibility index (Phi) is 3.44. The summed E-state index contributed by atoms with van der Waals surface area (Å²) in [7, 11) is 1.56. The molecular weight excluding hydrogens is 266 g/mol. The zero-order valence-electron chi connectivity index (χ0n) is 11.6. The molecule has 0 aliphatic carbocycles. The van der Waals surface area contributed by atoms with E-state index in [4.69, 9.17) is 4.74 Å². The number of methoxy groups -OCH3 is 1. The third-order valence-corrected chi connectivity index (χ3v) is 3.69. The van der Waals surface area contributed by atoms with Gasteiger partial charge in [0, 0.05) is 17.7 Å². The standard InChI is InChI=1S/C17H15NO3/c1-21-12-6-4-5-11(9-12)16(19)10-14-13-7-2-3-8-15(13)18-17(14)20/h2-9,14H,10H2,1H3,(H,18,20). The van der Waals surface area contributed by atoms with Gasteiger partial charge in [0.2, 0.25) is 5.91 Å². The fourth-order valence-corrected chi connectivity index (χ4v) is 2.58. The van der Waals surface area contributed by atoms with Gasteiger partial charge in [-0.05, 0) is 23.8 Å². The number of ether oxygens (including phenoxy) is 1. The number of benzene rings is 2. The molecule has 1 aliphatic rings. The van der Waals surface area contributed by atoms with Crippen LogP contribution in [0.1, 0.15) is 28.3 Å². The highest BCUT2D eigenvalue weighted by molar-refractivity contribution is 6.07. The first kappa shape index (κ1) is 13.4. The molecule has 21 heavy (non-hydrogen) atoms. The molecule has 1 unspecified atom stereocenters. The molecule has 106 valence electrons. The molecule has 1 heterocycles. The Labute approximate surface area is 122 Å². The van der Waals surface area contributed by atoms with Gasteiger partial charge in [-0.2, -0.15) is 0 Å². The smallest absolute Gasteiger partial charge is 0.232 e. The van der Waals surface area contributed by atoms with Gasteiger partial charge in [0.25, 0.3) is 0 Å². The van der Waals surface area contributed by atoms with Crippen molar-refractivity contribution in [2.45, 2.75) is 12.3 Å². The largest absolute Gasteiger partial charge is 0.497 e. The molecule has 0 aromatic heterocycles. The van der Waals surface area contributed by atoms with Crippen LogP contribution in [0.3, 0.4) is 0 Å². The molecule has 4 heteroatoms. The molecule has 3 rings (SSSR count). The molecule has 4 nitrogen and oxygen atoms in total. The monoisotopic (exact) mass is 281 g/mol. The van der Waals surface area contributed by atoms with Crippen LogP contribution in [-0.2, 0) is 4.79 Å². The lowest BCUT2D eigenvalue weighted by atomic mass is 9.93. The summed E-state index contributed by atoms with van der Waals surface area (Å²) in [6, 6.07) is 14.5. The SMILES string of the molecule is COc1cccc(C(=O)CC2C(=O)Nc3ccccc32)c1. The van der Waals surface area contributed by atoms with Crippen molar-refractivity contribution in [2.24, 2.45) is 0 Å². The number of Topliss-reactive ketones (excluding diaryl/α,β-unsaturated/α-hetero) is 1. The van der Waals surface area contributed by atoms with E-state index in [0.717, 1.165) is 11.3 Å². The fraction of sp³-hybridized carbons (Fsp3) is 0.176. The van der Waals surface area contributed by atoms with Crippen LogP contribution in [0.15, 0.2) is 48.5 Å². The van der Waals surface area contributed by atoms with Crippen LogP contribution < -0.4 is 10.1 Å². The van der Waals surface area contributed by atoms with E-state index in [1.54, 1.807) is 31.4 Å². The summed E-state index contributed by atoms with van der Waals surface area (Å²) in [6.45, 7) is 0. The Hall–Kier alpha value is -2.62. The van der Waals surface area contributed by atoms with Crippen molar-refractivity contribution in [2.75, 3.05) is 12.4 Å². The Morgan fingerprint density at radius 3 is 2.81 bits per heavy atom. The lowest BCUT2D eigenvalue weighted by Crippen LogP contribution is -2.16. The molecule has 0 saturated carbocycles. The first-order valence-corrected chi connectivity index (χ1v) is 6.76. The third kappa shape index (κ3) is 2.52. The van der Waals surface area contributed by atoms with E-state index in [-0.39, 0.29) is 18.1 Å². The van der Waals surface area contributed by atoms with E-state index in [2.05, 4.69) is 5.32 Å². The van der Waals surface area contributed by atoms with E-state index in [0.29, 0.717) is 11.3 Å². The number of rotatable bonds is 4. The van der Waals surface area contributed by atoms with Gasteiger partial charge in [-0.3, -0.25) is 9.59 Å². The second kappa shape index (κ2) is 5.40. The van der Waals surface area contributed by atoms with Crippen molar-refractivity contribution in [3.8, 4) is 5.75 Å². The van der Waals surface area contributed by atoms with Gasteiger partial charge in [-0.15, -0.1) is 0 Å². The molecule has 1 amide bonds. The molecule has 2 aromatic rings. The van der Waals surface area contributed by atoms with Gasteiger partial charge < -0.3 is 10.1 Å². The average Bonchev–Trinajstić information content (AvgIpc) is 2.83. The number of carbonyl (C=O) groups excluding carboxylic acids is 2. The van der Waals surface area contributed by atoms with Gasteiger partial charge in [0.05, 0.1) is 13.0 Å². The van der Waals surface area contributed by atoms with Crippen LogP contribution in [0.4, 0.5) is 5.69 Å². The van der Waals surface area contributed by atoms with Crippen LogP contribution >= 0.6 is 0 Å². The minimum Gasteiger partial charge on any atom is -0.497 e. The van der Waals surface area contributed by atoms with Crippen molar-refractivity contribution in [3.63, 3.8) is 0 Å². The van der Waals surface area contributed by atoms with Gasteiger partial charge >= 0.3 is 0 Å². The molecule has 2 aromatic carbocycles. The predicted molar refractivity (Wildman–Crippen MR) is 79.8 cm³/mol. The summed E-state index contributed by atoms with van der Waals surface area (Å²) < 4.78 is 5.12. The minimum atomic E-state index is -0.417. The zero-order valence-corrected chi connectivity index (χ0v) is 11.6. The van der Waals surface area contributed by atoms with E-state index in [1.807, 2.05) is 24.3 Å². The molecule has 0 spiro atoms. The number of hydrogen-bond acceptors (Lipinski definition) is 3. The maximum Gasteiger partial charge on any atom is 0.232 e. The second-order valence-electron chi connectivity index (χ2n) is 4.99. The number of anilines is 1. The maximum absolute atomic E-state index is 12.4. The molecule has 0 saturated heterocycles. The van der Waals surface area contributed by atoms with Crippen molar-refractivity contribution in [1.82, 2.24) is 0 Å². The first-order valence-electron chi connectivity index (χ1n) is 6.76. The Bertz CT molecular complexity index is 709. The highest BCUT2D eigenvalue weighted by atomic mass is 16.5. The summed E-state index contributed by atoms with van der Waals surface area (Å²) in [5.41, 5.74) is 2.25. The summed E-state index contributed by atoms with van der Waals surface area (Å²) in [5.74, 6) is 0.0372. The molecule has 1 aliphatic heterocycles. The lowest BCUT2D eigenvalue weighted by Gasteiger charge is -2.08. The zero-order chi connectivity index (χ0) is 14.8. The summed E-state index contributed by atoms with van der Waals surface area (Å²) >= 11 is 0. The Morgan fingerprint density at radius 2 is 2.00 bits per heavy atom. The van der Waals surface area contributed by atoms with Crippen LogP contribution in [0.5, 0.6) is 5.75 Å². The van der Waals surface area contributed by atoms with Gasteiger partial charge in [0.1, 0.15) is 5.75 Å². The molecule has 1 atom stereocenters. The maximum atomic E-state index is 12.4. The first-order chi connectivity index (χ1) is 10.2. The van der Waals surface area contributed by atoms with E-state index >= 15 is 0 Å². The molecule has 0 bridgehead atoms. The van der Waals surface area contributed by atoms with E-state index in [1.165, 1.54) is 0 Å². The number of carbonyl (C=O) groups is 2. The highest BCUT2D eigenvalue weighted by Crippen LogP contribution is 2.35. The van der Waals surface area contributed by atoms with Crippen molar-refractivity contribution in [1.29, 1.82) is 0 Å². The highest BCUT2D eigenvalue weighted by Gasteiger charge is 2.32. The van der Waals surface area contributed by atoms with Gasteiger partial charge in [0.15, 0.2) is 5.78 Å². The predicted octanol–water partition coefficient (Wildman–Crippen LogP) is 3.00. The quantitative estimate of drug-likeness (QED) is 0.876. The molecular formula is C17H15NO3. The number of ketones is 1. The second-order valence-corrected chi connectivity index (χ2v) is 4.99. The molecule has 0 radical (unpaired) electrons.